The molecule has 0 atom stereocenters. The molecule has 1 aliphatic heterocycles. The van der Waals surface area contributed by atoms with Crippen LogP contribution in [-0.4, -0.2) is 64.9 Å². The molecule has 2 aromatic rings. The van der Waals surface area contributed by atoms with Gasteiger partial charge in [0.25, 0.3) is 0 Å². The summed E-state index contributed by atoms with van der Waals surface area (Å²) in [6, 6.07) is 16.3. The molecule has 1 aliphatic rings. The van der Waals surface area contributed by atoms with Crippen LogP contribution < -0.4 is 19.7 Å². The molecule has 0 aromatic heterocycles. The molecule has 6 nitrogen and oxygen atoms in total. The lowest BCUT2D eigenvalue weighted by Crippen LogP contribution is -2.52. The molecule has 1 heterocycles. The SMILES string of the molecule is CN=C(NCCc1ccccc1OC)N1CCN(c2ccccc2OC)CC1. The van der Waals surface area contributed by atoms with Gasteiger partial charge in [-0.2, -0.15) is 0 Å². The molecule has 2 aromatic carbocycles. The molecule has 6 heteroatoms. The highest BCUT2D eigenvalue weighted by atomic mass is 16.5. The highest BCUT2D eigenvalue weighted by molar-refractivity contribution is 5.80. The highest BCUT2D eigenvalue weighted by Crippen LogP contribution is 2.28. The summed E-state index contributed by atoms with van der Waals surface area (Å²) >= 11 is 0. The molecule has 0 bridgehead atoms. The third kappa shape index (κ3) is 4.68. The summed E-state index contributed by atoms with van der Waals surface area (Å²) in [5.74, 6) is 2.81. The lowest BCUT2D eigenvalue weighted by Gasteiger charge is -2.38. The van der Waals surface area contributed by atoms with Gasteiger partial charge in [-0.3, -0.25) is 4.99 Å². The molecule has 0 saturated carbocycles. The normalized spacial score (nSPS) is 14.8. The van der Waals surface area contributed by atoms with Crippen LogP contribution >= 0.6 is 0 Å². The van der Waals surface area contributed by atoms with Crippen LogP contribution in [0.4, 0.5) is 5.69 Å². The number of piperazine rings is 1. The minimum Gasteiger partial charge on any atom is -0.496 e. The van der Waals surface area contributed by atoms with E-state index in [0.717, 1.165) is 62.3 Å². The van der Waals surface area contributed by atoms with Crippen molar-refractivity contribution in [3.63, 3.8) is 0 Å². The first-order chi connectivity index (χ1) is 13.8. The number of ether oxygens (including phenoxy) is 2. The molecule has 1 saturated heterocycles. The van der Waals surface area contributed by atoms with Gasteiger partial charge in [0.2, 0.25) is 0 Å². The molecule has 150 valence electrons. The van der Waals surface area contributed by atoms with Crippen molar-refractivity contribution in [3.05, 3.63) is 54.1 Å². The molecular weight excluding hydrogens is 352 g/mol. The van der Waals surface area contributed by atoms with Gasteiger partial charge in [0.1, 0.15) is 11.5 Å². The van der Waals surface area contributed by atoms with E-state index in [1.54, 1.807) is 14.2 Å². The van der Waals surface area contributed by atoms with E-state index in [0.29, 0.717) is 0 Å². The Balaban J connectivity index is 1.52. The van der Waals surface area contributed by atoms with Gasteiger partial charge >= 0.3 is 0 Å². The fraction of sp³-hybridized carbons (Fsp3) is 0.409. The molecule has 0 radical (unpaired) electrons. The number of methoxy groups -OCH3 is 2. The Hall–Kier alpha value is -2.89. The van der Waals surface area contributed by atoms with Gasteiger partial charge < -0.3 is 24.6 Å². The zero-order valence-electron chi connectivity index (χ0n) is 17.0. The van der Waals surface area contributed by atoms with Crippen molar-refractivity contribution in [1.82, 2.24) is 10.2 Å². The zero-order chi connectivity index (χ0) is 19.8. The number of para-hydroxylation sites is 3. The van der Waals surface area contributed by atoms with Gasteiger partial charge in [-0.05, 0) is 30.2 Å². The highest BCUT2D eigenvalue weighted by Gasteiger charge is 2.21. The second-order valence-corrected chi connectivity index (χ2v) is 6.68. The summed E-state index contributed by atoms with van der Waals surface area (Å²) in [5.41, 5.74) is 2.36. The number of benzene rings is 2. The van der Waals surface area contributed by atoms with E-state index < -0.39 is 0 Å². The Morgan fingerprint density at radius 3 is 2.25 bits per heavy atom. The molecule has 1 fully saturated rings. The Morgan fingerprint density at radius 1 is 0.929 bits per heavy atom. The van der Waals surface area contributed by atoms with E-state index in [9.17, 15) is 0 Å². The summed E-state index contributed by atoms with van der Waals surface area (Å²) in [4.78, 5) is 9.16. The van der Waals surface area contributed by atoms with E-state index in [1.807, 2.05) is 37.4 Å². The Kier molecular flexibility index (Phi) is 7.00. The topological polar surface area (TPSA) is 49.3 Å². The van der Waals surface area contributed by atoms with Crippen LogP contribution in [0, 0.1) is 0 Å². The van der Waals surface area contributed by atoms with Gasteiger partial charge in [-0.25, -0.2) is 0 Å². The molecule has 0 aliphatic carbocycles. The first-order valence-electron chi connectivity index (χ1n) is 9.72. The number of rotatable bonds is 6. The quantitative estimate of drug-likeness (QED) is 0.615. The van der Waals surface area contributed by atoms with Gasteiger partial charge in [-0.1, -0.05) is 30.3 Å². The van der Waals surface area contributed by atoms with Gasteiger partial charge in [-0.15, -0.1) is 0 Å². The van der Waals surface area contributed by atoms with Gasteiger partial charge in [0, 0.05) is 39.8 Å². The van der Waals surface area contributed by atoms with Gasteiger partial charge in [0.05, 0.1) is 19.9 Å². The second-order valence-electron chi connectivity index (χ2n) is 6.68. The lowest BCUT2D eigenvalue weighted by molar-refractivity contribution is 0.367. The summed E-state index contributed by atoms with van der Waals surface area (Å²) in [6.07, 6.45) is 0.893. The van der Waals surface area contributed by atoms with Crippen LogP contribution in [0.3, 0.4) is 0 Å². The minimum atomic E-state index is 0.819. The summed E-state index contributed by atoms with van der Waals surface area (Å²) < 4.78 is 10.9. The Bertz CT molecular complexity index is 786. The fourth-order valence-corrected chi connectivity index (χ4v) is 3.60. The van der Waals surface area contributed by atoms with Crippen LogP contribution in [0.25, 0.3) is 0 Å². The van der Waals surface area contributed by atoms with Crippen LogP contribution in [0.5, 0.6) is 11.5 Å². The van der Waals surface area contributed by atoms with E-state index in [1.165, 1.54) is 5.56 Å². The van der Waals surface area contributed by atoms with Crippen molar-refractivity contribution in [1.29, 1.82) is 0 Å². The number of anilines is 1. The average molecular weight is 383 g/mol. The van der Waals surface area contributed by atoms with Crippen molar-refractivity contribution in [2.75, 3.05) is 58.9 Å². The first kappa shape index (κ1) is 19.9. The third-order valence-corrected chi connectivity index (χ3v) is 5.09. The second kappa shape index (κ2) is 9.88. The standard InChI is InChI=1S/C22H30N4O2/c1-23-22(24-13-12-18-8-4-6-10-20(18)27-2)26-16-14-25(15-17-26)19-9-5-7-11-21(19)28-3/h4-11H,12-17H2,1-3H3,(H,23,24). The number of aliphatic imine (C=N–C) groups is 1. The molecular formula is C22H30N4O2. The first-order valence-corrected chi connectivity index (χ1v) is 9.72. The minimum absolute atomic E-state index is 0.819. The summed E-state index contributed by atoms with van der Waals surface area (Å²) in [6.45, 7) is 4.54. The smallest absolute Gasteiger partial charge is 0.193 e. The number of hydrogen-bond donors (Lipinski definition) is 1. The number of hydrogen-bond acceptors (Lipinski definition) is 4. The average Bonchev–Trinajstić information content (AvgIpc) is 2.77. The maximum Gasteiger partial charge on any atom is 0.193 e. The van der Waals surface area contributed by atoms with Crippen molar-refractivity contribution < 1.29 is 9.47 Å². The zero-order valence-corrected chi connectivity index (χ0v) is 17.0. The monoisotopic (exact) mass is 382 g/mol. The van der Waals surface area contributed by atoms with E-state index in [2.05, 4.69) is 38.3 Å². The fourth-order valence-electron chi connectivity index (χ4n) is 3.60. The summed E-state index contributed by atoms with van der Waals surface area (Å²) in [5, 5.41) is 3.49. The number of guanidine groups is 1. The van der Waals surface area contributed by atoms with E-state index in [4.69, 9.17) is 9.47 Å². The third-order valence-electron chi connectivity index (χ3n) is 5.09. The van der Waals surface area contributed by atoms with Crippen LogP contribution in [0.2, 0.25) is 0 Å². The molecule has 0 amide bonds. The number of nitrogens with one attached hydrogen (secondary N) is 1. The predicted molar refractivity (Wildman–Crippen MR) is 115 cm³/mol. The number of nitrogens with zero attached hydrogens (tertiary/aromatic N) is 3. The molecule has 0 unspecified atom stereocenters. The molecule has 3 rings (SSSR count). The maximum atomic E-state index is 5.51. The van der Waals surface area contributed by atoms with Crippen molar-refractivity contribution in [3.8, 4) is 11.5 Å². The van der Waals surface area contributed by atoms with Crippen LogP contribution in [0.1, 0.15) is 5.56 Å². The van der Waals surface area contributed by atoms with Crippen LogP contribution in [-0.2, 0) is 6.42 Å². The maximum absolute atomic E-state index is 5.51. The molecule has 0 spiro atoms. The van der Waals surface area contributed by atoms with E-state index in [-0.39, 0.29) is 0 Å². The van der Waals surface area contributed by atoms with Crippen LogP contribution in [0.15, 0.2) is 53.5 Å². The summed E-state index contributed by atoms with van der Waals surface area (Å²) in [7, 11) is 5.28. The Labute approximate surface area is 167 Å². The van der Waals surface area contributed by atoms with Gasteiger partial charge in [0.15, 0.2) is 5.96 Å². The van der Waals surface area contributed by atoms with Crippen molar-refractivity contribution in [2.24, 2.45) is 4.99 Å². The van der Waals surface area contributed by atoms with Crippen molar-refractivity contribution in [2.45, 2.75) is 6.42 Å². The van der Waals surface area contributed by atoms with Crippen molar-refractivity contribution >= 4 is 11.6 Å². The lowest BCUT2D eigenvalue weighted by atomic mass is 10.1. The molecule has 1 N–H and O–H groups in total. The predicted octanol–water partition coefficient (Wildman–Crippen LogP) is 2.64. The Morgan fingerprint density at radius 2 is 1.57 bits per heavy atom. The largest absolute Gasteiger partial charge is 0.496 e. The van der Waals surface area contributed by atoms with E-state index >= 15 is 0 Å². The molecule has 28 heavy (non-hydrogen) atoms.